The van der Waals surface area contributed by atoms with Crippen LogP contribution in [0.3, 0.4) is 0 Å². The maximum Gasteiger partial charge on any atom is 0.250 e. The monoisotopic (exact) mass is 380 g/mol. The summed E-state index contributed by atoms with van der Waals surface area (Å²) in [5.74, 6) is 0.378. The van der Waals surface area contributed by atoms with E-state index < -0.39 is 0 Å². The molecule has 6 heteroatoms. The lowest BCUT2D eigenvalue weighted by Gasteiger charge is -2.20. The first-order chi connectivity index (χ1) is 13.3. The Balaban J connectivity index is 1.83. The molecule has 0 saturated carbocycles. The lowest BCUT2D eigenvalue weighted by atomic mass is 9.94. The van der Waals surface area contributed by atoms with Gasteiger partial charge in [0.2, 0.25) is 5.91 Å². The summed E-state index contributed by atoms with van der Waals surface area (Å²) in [4.78, 5) is 24.3. The van der Waals surface area contributed by atoms with Crippen LogP contribution in [0.15, 0.2) is 48.5 Å². The van der Waals surface area contributed by atoms with E-state index in [1.54, 1.807) is 37.5 Å². The van der Waals surface area contributed by atoms with Crippen molar-refractivity contribution in [2.45, 2.75) is 19.4 Å². The number of fused-ring (bicyclic) bond motifs is 1. The Morgan fingerprint density at radius 2 is 1.82 bits per heavy atom. The van der Waals surface area contributed by atoms with E-state index in [0.717, 1.165) is 22.6 Å². The summed E-state index contributed by atoms with van der Waals surface area (Å²) in [6, 6.07) is 12.6. The van der Waals surface area contributed by atoms with Crippen LogP contribution in [0.5, 0.6) is 5.75 Å². The summed E-state index contributed by atoms with van der Waals surface area (Å²) in [5, 5.41) is 6.11. The lowest BCUT2D eigenvalue weighted by molar-refractivity contribution is -0.119. The van der Waals surface area contributed by atoms with E-state index in [1.165, 1.54) is 7.11 Å². The average Bonchev–Trinajstić information content (AvgIpc) is 2.92. The number of hydrogen-bond acceptors (Lipinski definition) is 5. The van der Waals surface area contributed by atoms with Crippen LogP contribution in [-0.2, 0) is 15.1 Å². The van der Waals surface area contributed by atoms with E-state index in [1.807, 2.05) is 18.2 Å². The van der Waals surface area contributed by atoms with Gasteiger partial charge >= 0.3 is 0 Å². The van der Waals surface area contributed by atoms with Gasteiger partial charge in [0.15, 0.2) is 5.78 Å². The molecular weight excluding hydrogens is 356 g/mol. The molecule has 3 rings (SSSR count). The number of nitrogens with one attached hydrogen (secondary N) is 2. The zero-order chi connectivity index (χ0) is 20.3. The Morgan fingerprint density at radius 1 is 1.11 bits per heavy atom. The fourth-order valence-corrected chi connectivity index (χ4v) is 3.26. The Kier molecular flexibility index (Phi) is 5.51. The number of methoxy groups -OCH3 is 2. The van der Waals surface area contributed by atoms with Crippen LogP contribution < -0.4 is 15.4 Å². The van der Waals surface area contributed by atoms with Crippen molar-refractivity contribution in [2.24, 2.45) is 0 Å². The number of ether oxygens (including phenoxy) is 2. The number of carbonyl (C=O) groups is 2. The van der Waals surface area contributed by atoms with E-state index in [9.17, 15) is 9.59 Å². The van der Waals surface area contributed by atoms with Crippen molar-refractivity contribution in [2.75, 3.05) is 26.1 Å². The van der Waals surface area contributed by atoms with Crippen molar-refractivity contribution in [3.05, 3.63) is 65.2 Å². The first kappa shape index (κ1) is 19.6. The summed E-state index contributed by atoms with van der Waals surface area (Å²) >= 11 is 0. The zero-order valence-corrected chi connectivity index (χ0v) is 16.5. The predicted octanol–water partition coefficient (Wildman–Crippen LogP) is 3.34. The van der Waals surface area contributed by atoms with Gasteiger partial charge in [0.25, 0.3) is 0 Å². The predicted molar refractivity (Wildman–Crippen MR) is 108 cm³/mol. The normalized spacial score (nSPS) is 15.6. The molecular formula is C22H24N2O4. The zero-order valence-electron chi connectivity index (χ0n) is 16.5. The highest BCUT2D eigenvalue weighted by atomic mass is 16.5. The minimum atomic E-state index is -0.275. The third-order valence-corrected chi connectivity index (χ3v) is 4.64. The smallest absolute Gasteiger partial charge is 0.250 e. The van der Waals surface area contributed by atoms with Gasteiger partial charge in [0.1, 0.15) is 12.4 Å². The molecule has 1 amide bonds. The molecule has 2 aromatic rings. The van der Waals surface area contributed by atoms with E-state index in [4.69, 9.17) is 9.47 Å². The van der Waals surface area contributed by atoms with E-state index in [0.29, 0.717) is 11.3 Å². The summed E-state index contributed by atoms with van der Waals surface area (Å²) in [5.41, 5.74) is 3.71. The van der Waals surface area contributed by atoms with Gasteiger partial charge in [-0.25, -0.2) is 0 Å². The molecule has 0 atom stereocenters. The lowest BCUT2D eigenvalue weighted by Crippen LogP contribution is -2.28. The number of rotatable bonds is 6. The van der Waals surface area contributed by atoms with Crippen LogP contribution in [0.1, 0.15) is 35.3 Å². The topological polar surface area (TPSA) is 76.7 Å². The van der Waals surface area contributed by atoms with Gasteiger partial charge in [-0.05, 0) is 55.8 Å². The maximum atomic E-state index is 12.8. The van der Waals surface area contributed by atoms with E-state index in [-0.39, 0.29) is 23.8 Å². The van der Waals surface area contributed by atoms with Crippen LogP contribution in [0.2, 0.25) is 0 Å². The molecule has 0 fully saturated rings. The quantitative estimate of drug-likeness (QED) is 0.594. The number of carbonyl (C=O) groups excluding carboxylic acids is 2. The third kappa shape index (κ3) is 4.07. The minimum Gasteiger partial charge on any atom is -0.497 e. The van der Waals surface area contributed by atoms with Gasteiger partial charge < -0.3 is 20.1 Å². The van der Waals surface area contributed by atoms with Crippen LogP contribution in [-0.4, -0.2) is 32.5 Å². The number of ketones is 1. The highest BCUT2D eigenvalue weighted by Gasteiger charge is 2.33. The third-order valence-electron chi connectivity index (χ3n) is 4.64. The minimum absolute atomic E-state index is 0.0168. The Bertz CT molecular complexity index is 930. The number of amides is 1. The van der Waals surface area contributed by atoms with Crippen molar-refractivity contribution >= 4 is 23.1 Å². The van der Waals surface area contributed by atoms with Crippen molar-refractivity contribution < 1.29 is 19.1 Å². The second-order valence-corrected chi connectivity index (χ2v) is 7.14. The van der Waals surface area contributed by atoms with Crippen LogP contribution >= 0.6 is 0 Å². The van der Waals surface area contributed by atoms with Crippen molar-refractivity contribution in [3.63, 3.8) is 0 Å². The Hall–Kier alpha value is -3.12. The van der Waals surface area contributed by atoms with Crippen LogP contribution in [0, 0.1) is 0 Å². The van der Waals surface area contributed by atoms with Gasteiger partial charge in [-0.2, -0.15) is 0 Å². The van der Waals surface area contributed by atoms with Crippen LogP contribution in [0.4, 0.5) is 5.69 Å². The number of hydrogen-bond donors (Lipinski definition) is 2. The molecule has 1 heterocycles. The van der Waals surface area contributed by atoms with Gasteiger partial charge in [-0.15, -0.1) is 0 Å². The summed E-state index contributed by atoms with van der Waals surface area (Å²) in [6.45, 7) is 4.12. The van der Waals surface area contributed by atoms with Gasteiger partial charge in [-0.3, -0.25) is 9.59 Å². The Labute approximate surface area is 164 Å². The molecule has 1 aliphatic heterocycles. The number of allylic oxidation sites excluding steroid dienone is 1. The van der Waals surface area contributed by atoms with Crippen molar-refractivity contribution in [1.82, 2.24) is 5.32 Å². The molecule has 2 N–H and O–H groups in total. The fourth-order valence-electron chi connectivity index (χ4n) is 3.26. The molecule has 2 aromatic carbocycles. The molecule has 28 heavy (non-hydrogen) atoms. The molecule has 0 spiro atoms. The van der Waals surface area contributed by atoms with Gasteiger partial charge in [0.05, 0.1) is 12.6 Å². The molecule has 0 unspecified atom stereocenters. The van der Waals surface area contributed by atoms with Crippen molar-refractivity contribution in [1.29, 1.82) is 0 Å². The van der Waals surface area contributed by atoms with Crippen LogP contribution in [0.25, 0.3) is 5.70 Å². The summed E-state index contributed by atoms with van der Waals surface area (Å²) in [6.07, 6.45) is 1.60. The number of anilines is 1. The van der Waals surface area contributed by atoms with Crippen molar-refractivity contribution in [3.8, 4) is 5.75 Å². The first-order valence-electron chi connectivity index (χ1n) is 8.96. The number of benzene rings is 2. The fraction of sp³-hybridized carbons (Fsp3) is 0.273. The molecule has 6 nitrogen and oxygen atoms in total. The summed E-state index contributed by atoms with van der Waals surface area (Å²) in [7, 11) is 3.08. The highest BCUT2D eigenvalue weighted by molar-refractivity contribution is 6.09. The SMILES string of the molecule is COCC(=O)Nc1ccc(C(=O)/C=C2\NC(C)(C)c3ccc(OC)cc32)cc1. The van der Waals surface area contributed by atoms with Gasteiger partial charge in [-0.1, -0.05) is 6.07 Å². The average molecular weight is 380 g/mol. The Morgan fingerprint density at radius 3 is 2.46 bits per heavy atom. The van der Waals surface area contributed by atoms with Gasteiger partial charge in [0, 0.05) is 35.7 Å². The molecule has 146 valence electrons. The second kappa shape index (κ2) is 7.86. The molecule has 0 aliphatic carbocycles. The molecule has 1 aliphatic rings. The summed E-state index contributed by atoms with van der Waals surface area (Å²) < 4.78 is 10.1. The molecule has 0 saturated heterocycles. The molecule has 0 aromatic heterocycles. The standard InChI is InChI=1S/C22H24N2O4/c1-22(2)18-10-9-16(28-4)11-17(18)19(24-22)12-20(25)14-5-7-15(8-6-14)23-21(26)13-27-3/h5-12,24H,13H2,1-4H3,(H,23,26)/b19-12-. The molecule has 0 radical (unpaired) electrons. The van der Waals surface area contributed by atoms with E-state index >= 15 is 0 Å². The first-order valence-corrected chi connectivity index (χ1v) is 8.96. The largest absolute Gasteiger partial charge is 0.497 e. The van der Waals surface area contributed by atoms with E-state index in [2.05, 4.69) is 24.5 Å². The molecule has 0 bridgehead atoms. The maximum absolute atomic E-state index is 12.8. The second-order valence-electron chi connectivity index (χ2n) is 7.14. The highest BCUT2D eigenvalue weighted by Crippen LogP contribution is 2.38.